The highest BCUT2D eigenvalue weighted by Gasteiger charge is 2.27. The van der Waals surface area contributed by atoms with E-state index < -0.39 is 0 Å². The number of hydrogen-bond donors (Lipinski definition) is 1. The quantitative estimate of drug-likeness (QED) is 0.806. The lowest BCUT2D eigenvalue weighted by molar-refractivity contribution is 0.101. The van der Waals surface area contributed by atoms with Gasteiger partial charge in [0.1, 0.15) is 11.5 Å². The number of ether oxygens (including phenoxy) is 1. The molecule has 0 bridgehead atoms. The molecule has 1 N–H and O–H groups in total. The molecule has 1 aliphatic heterocycles. The molecule has 0 atom stereocenters. The van der Waals surface area contributed by atoms with Gasteiger partial charge in [-0.2, -0.15) is 0 Å². The summed E-state index contributed by atoms with van der Waals surface area (Å²) in [6.45, 7) is 0. The molecule has 0 spiro atoms. The highest BCUT2D eigenvalue weighted by Crippen LogP contribution is 2.33. The smallest absolute Gasteiger partial charge is 0.232 e. The first-order valence-corrected chi connectivity index (χ1v) is 6.04. The van der Waals surface area contributed by atoms with Crippen molar-refractivity contribution in [3.8, 4) is 11.5 Å². The summed E-state index contributed by atoms with van der Waals surface area (Å²) >= 11 is 5.86. The summed E-state index contributed by atoms with van der Waals surface area (Å²) in [5.41, 5.74) is 1.25. The second-order valence-corrected chi connectivity index (χ2v) is 4.61. The van der Waals surface area contributed by atoms with Gasteiger partial charge in [0.15, 0.2) is 5.76 Å². The number of allylic oxidation sites excluding steroid dienone is 1. The first kappa shape index (κ1) is 11.8. The van der Waals surface area contributed by atoms with Crippen LogP contribution in [0, 0.1) is 0 Å². The third kappa shape index (κ3) is 2.20. The monoisotopic (exact) mass is 272 g/mol. The topological polar surface area (TPSA) is 46.5 Å². The molecule has 0 amide bonds. The van der Waals surface area contributed by atoms with Gasteiger partial charge in [-0.15, -0.1) is 0 Å². The van der Waals surface area contributed by atoms with Gasteiger partial charge in [-0.05, 0) is 42.0 Å². The Bertz CT molecular complexity index is 687. The van der Waals surface area contributed by atoms with E-state index in [4.69, 9.17) is 16.3 Å². The molecule has 3 rings (SSSR count). The molecular weight excluding hydrogens is 264 g/mol. The summed E-state index contributed by atoms with van der Waals surface area (Å²) in [6.07, 6.45) is 1.63. The fourth-order valence-electron chi connectivity index (χ4n) is 1.88. The number of carbonyl (C=O) groups is 1. The Kier molecular flexibility index (Phi) is 2.76. The van der Waals surface area contributed by atoms with E-state index in [1.165, 1.54) is 0 Å². The Labute approximate surface area is 114 Å². The van der Waals surface area contributed by atoms with Crippen molar-refractivity contribution in [1.82, 2.24) is 0 Å². The number of phenols is 1. The van der Waals surface area contributed by atoms with E-state index in [0.29, 0.717) is 16.3 Å². The number of halogens is 1. The van der Waals surface area contributed by atoms with Gasteiger partial charge in [0, 0.05) is 5.02 Å². The second kappa shape index (κ2) is 4.44. The van der Waals surface area contributed by atoms with E-state index in [9.17, 15) is 9.90 Å². The summed E-state index contributed by atoms with van der Waals surface area (Å²) in [6, 6.07) is 11.5. The maximum Gasteiger partial charge on any atom is 0.232 e. The van der Waals surface area contributed by atoms with Crippen LogP contribution in [0.2, 0.25) is 5.02 Å². The zero-order valence-corrected chi connectivity index (χ0v) is 10.5. The van der Waals surface area contributed by atoms with Crippen molar-refractivity contribution in [3.05, 3.63) is 64.4 Å². The third-order valence-corrected chi connectivity index (χ3v) is 3.06. The molecule has 94 valence electrons. The summed E-state index contributed by atoms with van der Waals surface area (Å²) in [7, 11) is 0. The highest BCUT2D eigenvalue weighted by atomic mass is 35.5. The van der Waals surface area contributed by atoms with Crippen molar-refractivity contribution >= 4 is 23.5 Å². The van der Waals surface area contributed by atoms with Crippen molar-refractivity contribution in [2.24, 2.45) is 0 Å². The Morgan fingerprint density at radius 2 is 1.84 bits per heavy atom. The Balaban J connectivity index is 1.97. The SMILES string of the molecule is O=C1/C(=C\c2ccc(O)cc2)Oc2ccc(Cl)cc21. The van der Waals surface area contributed by atoms with Gasteiger partial charge >= 0.3 is 0 Å². The molecule has 0 aromatic heterocycles. The molecule has 4 heteroatoms. The largest absolute Gasteiger partial charge is 0.508 e. The Hall–Kier alpha value is -2.26. The number of Topliss-reactive ketones (excluding diaryl/α,β-unsaturated/α-hetero) is 1. The summed E-state index contributed by atoms with van der Waals surface area (Å²) in [5.74, 6) is 0.754. The summed E-state index contributed by atoms with van der Waals surface area (Å²) < 4.78 is 5.50. The number of ketones is 1. The molecule has 0 radical (unpaired) electrons. The second-order valence-electron chi connectivity index (χ2n) is 4.17. The first-order chi connectivity index (χ1) is 9.13. The fourth-order valence-corrected chi connectivity index (χ4v) is 2.06. The van der Waals surface area contributed by atoms with Crippen LogP contribution in [-0.4, -0.2) is 10.9 Å². The molecular formula is C15H9ClO3. The molecule has 1 heterocycles. The van der Waals surface area contributed by atoms with E-state index >= 15 is 0 Å². The van der Waals surface area contributed by atoms with Crippen molar-refractivity contribution in [1.29, 1.82) is 0 Å². The average molecular weight is 273 g/mol. The molecule has 0 aliphatic carbocycles. The van der Waals surface area contributed by atoms with Crippen LogP contribution < -0.4 is 4.74 Å². The molecule has 0 saturated carbocycles. The Morgan fingerprint density at radius 1 is 1.11 bits per heavy atom. The van der Waals surface area contributed by atoms with E-state index in [1.54, 1.807) is 48.5 Å². The minimum Gasteiger partial charge on any atom is -0.508 e. The van der Waals surface area contributed by atoms with E-state index in [0.717, 1.165) is 5.56 Å². The van der Waals surface area contributed by atoms with Gasteiger partial charge < -0.3 is 9.84 Å². The molecule has 1 aliphatic rings. The lowest BCUT2D eigenvalue weighted by Crippen LogP contribution is -1.97. The molecule has 0 fully saturated rings. The molecule has 19 heavy (non-hydrogen) atoms. The van der Waals surface area contributed by atoms with Crippen molar-refractivity contribution in [3.63, 3.8) is 0 Å². The Morgan fingerprint density at radius 3 is 2.58 bits per heavy atom. The standard InChI is InChI=1S/C15H9ClO3/c16-10-3-6-13-12(8-10)15(18)14(19-13)7-9-1-4-11(17)5-2-9/h1-8,17H/b14-7+. The van der Waals surface area contributed by atoms with E-state index in [2.05, 4.69) is 0 Å². The first-order valence-electron chi connectivity index (χ1n) is 5.66. The summed E-state index contributed by atoms with van der Waals surface area (Å²) in [5, 5.41) is 9.71. The number of rotatable bonds is 1. The number of aromatic hydroxyl groups is 1. The maximum absolute atomic E-state index is 12.1. The average Bonchev–Trinajstić information content (AvgIpc) is 2.70. The highest BCUT2D eigenvalue weighted by molar-refractivity contribution is 6.31. The van der Waals surface area contributed by atoms with Crippen LogP contribution in [0.15, 0.2) is 48.2 Å². The van der Waals surface area contributed by atoms with Crippen LogP contribution in [0.5, 0.6) is 11.5 Å². The van der Waals surface area contributed by atoms with Gasteiger partial charge in [-0.25, -0.2) is 0 Å². The zero-order chi connectivity index (χ0) is 13.4. The number of hydrogen-bond acceptors (Lipinski definition) is 3. The minimum absolute atomic E-state index is 0.177. The normalized spacial score (nSPS) is 15.4. The fraction of sp³-hybridized carbons (Fsp3) is 0. The summed E-state index contributed by atoms with van der Waals surface area (Å²) in [4.78, 5) is 12.1. The molecule has 0 unspecified atom stereocenters. The van der Waals surface area contributed by atoms with Crippen LogP contribution in [0.25, 0.3) is 6.08 Å². The van der Waals surface area contributed by atoms with Crippen LogP contribution in [0.1, 0.15) is 15.9 Å². The molecule has 2 aromatic carbocycles. The predicted molar refractivity (Wildman–Crippen MR) is 72.5 cm³/mol. The van der Waals surface area contributed by atoms with Crippen molar-refractivity contribution in [2.75, 3.05) is 0 Å². The third-order valence-electron chi connectivity index (χ3n) is 2.82. The lowest BCUT2D eigenvalue weighted by atomic mass is 10.1. The van der Waals surface area contributed by atoms with Gasteiger partial charge in [0.2, 0.25) is 5.78 Å². The molecule has 0 saturated heterocycles. The van der Waals surface area contributed by atoms with Crippen LogP contribution in [0.4, 0.5) is 0 Å². The maximum atomic E-state index is 12.1. The number of carbonyl (C=O) groups excluding carboxylic acids is 1. The van der Waals surface area contributed by atoms with Gasteiger partial charge in [0.25, 0.3) is 0 Å². The van der Waals surface area contributed by atoms with Crippen LogP contribution in [0.3, 0.4) is 0 Å². The minimum atomic E-state index is -0.189. The number of phenolic OH excluding ortho intramolecular Hbond substituents is 1. The van der Waals surface area contributed by atoms with Gasteiger partial charge in [-0.1, -0.05) is 23.7 Å². The van der Waals surface area contributed by atoms with Gasteiger partial charge in [-0.3, -0.25) is 4.79 Å². The van der Waals surface area contributed by atoms with E-state index in [1.807, 2.05) is 0 Å². The van der Waals surface area contributed by atoms with E-state index in [-0.39, 0.29) is 17.3 Å². The van der Waals surface area contributed by atoms with Crippen LogP contribution >= 0.6 is 11.6 Å². The van der Waals surface area contributed by atoms with Crippen molar-refractivity contribution < 1.29 is 14.6 Å². The van der Waals surface area contributed by atoms with Gasteiger partial charge in [0.05, 0.1) is 5.56 Å². The van der Waals surface area contributed by atoms with Crippen LogP contribution in [-0.2, 0) is 0 Å². The lowest BCUT2D eigenvalue weighted by Gasteiger charge is -1.98. The predicted octanol–water partition coefficient (Wildman–Crippen LogP) is 3.66. The number of benzene rings is 2. The molecule has 3 nitrogen and oxygen atoms in total. The number of fused-ring (bicyclic) bond motifs is 1. The van der Waals surface area contributed by atoms with Crippen molar-refractivity contribution in [2.45, 2.75) is 0 Å². The zero-order valence-electron chi connectivity index (χ0n) is 9.76. The molecule has 2 aromatic rings.